The molecule has 0 bridgehead atoms. The summed E-state index contributed by atoms with van der Waals surface area (Å²) >= 11 is 5.16. The van der Waals surface area contributed by atoms with Gasteiger partial charge in [-0.15, -0.1) is 0 Å². The summed E-state index contributed by atoms with van der Waals surface area (Å²) in [5.74, 6) is -0.109. The molecule has 0 aliphatic carbocycles. The first-order valence-corrected chi connectivity index (χ1v) is 11.1. The summed E-state index contributed by atoms with van der Waals surface area (Å²) < 4.78 is 33.2. The third-order valence-electron chi connectivity index (χ3n) is 4.92. The fraction of sp³-hybridized carbons (Fsp3) is 1.00. The van der Waals surface area contributed by atoms with Gasteiger partial charge in [0.15, 0.2) is 0 Å². The highest BCUT2D eigenvalue weighted by Crippen LogP contribution is 2.49. The van der Waals surface area contributed by atoms with Gasteiger partial charge in [0.05, 0.1) is 32.6 Å². The van der Waals surface area contributed by atoms with Crippen molar-refractivity contribution in [3.05, 3.63) is 0 Å². The molecule has 12 heteroatoms. The minimum Gasteiger partial charge on any atom is -0.382 e. The van der Waals surface area contributed by atoms with Crippen molar-refractivity contribution in [3.8, 4) is 0 Å². The van der Waals surface area contributed by atoms with E-state index in [1.54, 1.807) is 14.2 Å². The van der Waals surface area contributed by atoms with Crippen molar-refractivity contribution >= 4 is 41.3 Å². The summed E-state index contributed by atoms with van der Waals surface area (Å²) in [5, 5.41) is 0. The van der Waals surface area contributed by atoms with E-state index in [0.29, 0.717) is 0 Å². The average molecular weight is 401 g/mol. The molecule has 2 fully saturated rings. The average Bonchev–Trinajstić information content (AvgIpc) is 3.04. The van der Waals surface area contributed by atoms with Gasteiger partial charge in [-0.1, -0.05) is 13.8 Å². The quantitative estimate of drug-likeness (QED) is 0.426. The van der Waals surface area contributed by atoms with E-state index < -0.39 is 31.0 Å². The molecule has 143 valence electrons. The van der Waals surface area contributed by atoms with Crippen molar-refractivity contribution in [1.82, 2.24) is 0 Å². The van der Waals surface area contributed by atoms with Gasteiger partial charge in [-0.2, -0.15) is 0 Å². The first-order chi connectivity index (χ1) is 12.2. The molecule has 7 nitrogen and oxygen atoms in total. The van der Waals surface area contributed by atoms with Crippen LogP contribution in [0.1, 0.15) is 13.8 Å². The van der Waals surface area contributed by atoms with Crippen LogP contribution in [0.25, 0.3) is 0 Å². The molecule has 26 heavy (non-hydrogen) atoms. The fourth-order valence-corrected chi connectivity index (χ4v) is 4.91. The van der Waals surface area contributed by atoms with E-state index in [-0.39, 0.29) is 37.2 Å². The molecule has 0 spiro atoms. The smallest absolute Gasteiger partial charge is 0.324 e. The topological polar surface area (TPSA) is 75.6 Å². The molecule has 0 amide bonds. The van der Waals surface area contributed by atoms with Crippen molar-refractivity contribution in [2.24, 2.45) is 11.8 Å². The molecule has 0 aromatic heterocycles. The first kappa shape index (κ1) is 22.8. The van der Waals surface area contributed by atoms with Gasteiger partial charge in [0.1, 0.15) is 20.1 Å². The van der Waals surface area contributed by atoms with Crippen LogP contribution >= 0.6 is 6.72 Å². The van der Waals surface area contributed by atoms with E-state index in [0.717, 1.165) is 0 Å². The Labute approximate surface area is 164 Å². The SMILES string of the molecule is [B][B][C@@H]1O[C@H](COP(O)(=S)OC2[C@@H](COC)O[C@@H]([B])[C@H]2C)C(OC)[C@@H]1C. The van der Waals surface area contributed by atoms with E-state index in [1.165, 1.54) is 7.17 Å². The largest absolute Gasteiger partial charge is 0.382 e. The van der Waals surface area contributed by atoms with Gasteiger partial charge in [0.25, 0.3) is 0 Å². The molecular weight excluding hydrogens is 376 g/mol. The minimum atomic E-state index is -3.54. The van der Waals surface area contributed by atoms with Crippen LogP contribution in [-0.2, 0) is 39.8 Å². The van der Waals surface area contributed by atoms with Crippen LogP contribution in [0.5, 0.6) is 0 Å². The minimum absolute atomic E-state index is 0.0317. The highest BCUT2D eigenvalue weighted by atomic mass is 32.5. The van der Waals surface area contributed by atoms with Gasteiger partial charge >= 0.3 is 6.72 Å². The van der Waals surface area contributed by atoms with Gasteiger partial charge in [-0.05, 0) is 11.8 Å². The molecule has 9 atom stereocenters. The Morgan fingerprint density at radius 3 is 2.35 bits per heavy atom. The molecule has 0 aromatic carbocycles. The second kappa shape index (κ2) is 9.85. The molecule has 2 rings (SSSR count). The zero-order chi connectivity index (χ0) is 19.5. The van der Waals surface area contributed by atoms with E-state index in [4.69, 9.17) is 55.4 Å². The monoisotopic (exact) mass is 401 g/mol. The van der Waals surface area contributed by atoms with E-state index in [1.807, 2.05) is 13.8 Å². The lowest BCUT2D eigenvalue weighted by Crippen LogP contribution is -2.33. The molecule has 1 N–H and O–H groups in total. The van der Waals surface area contributed by atoms with Crippen LogP contribution in [0.4, 0.5) is 0 Å². The van der Waals surface area contributed by atoms with Gasteiger partial charge in [0.2, 0.25) is 0 Å². The molecule has 2 aliphatic rings. The Bertz CT molecular complexity index is 505. The van der Waals surface area contributed by atoms with Crippen molar-refractivity contribution in [1.29, 1.82) is 0 Å². The highest BCUT2D eigenvalue weighted by Gasteiger charge is 2.44. The predicted octanol–water partition coefficient (Wildman–Crippen LogP) is -0.0554. The second-order valence-corrected chi connectivity index (χ2v) is 9.47. The maximum absolute atomic E-state index is 10.5. The Hall–Kier alpha value is 0.565. The molecule has 2 heterocycles. The van der Waals surface area contributed by atoms with Gasteiger partial charge in [0, 0.05) is 45.8 Å². The number of hydrogen-bond acceptors (Lipinski definition) is 7. The molecule has 2 aliphatic heterocycles. The van der Waals surface area contributed by atoms with Crippen LogP contribution in [0.2, 0.25) is 0 Å². The zero-order valence-corrected chi connectivity index (χ0v) is 17.2. The molecular formula is C14H25B3O7PS. The molecule has 2 saturated heterocycles. The van der Waals surface area contributed by atoms with Gasteiger partial charge in [-0.25, -0.2) is 0 Å². The van der Waals surface area contributed by atoms with Crippen LogP contribution < -0.4 is 0 Å². The van der Waals surface area contributed by atoms with E-state index in [2.05, 4.69) is 0 Å². The number of ether oxygens (including phenoxy) is 4. The summed E-state index contributed by atoms with van der Waals surface area (Å²) in [7, 11) is 16.1. The zero-order valence-electron chi connectivity index (χ0n) is 15.5. The number of methoxy groups -OCH3 is 2. The lowest BCUT2D eigenvalue weighted by molar-refractivity contribution is -0.0321. The Morgan fingerprint density at radius 2 is 1.77 bits per heavy atom. The van der Waals surface area contributed by atoms with Crippen LogP contribution in [0.3, 0.4) is 0 Å². The summed E-state index contributed by atoms with van der Waals surface area (Å²) in [6.45, 7) is 0.612. The third kappa shape index (κ3) is 5.34. The van der Waals surface area contributed by atoms with E-state index >= 15 is 0 Å². The van der Waals surface area contributed by atoms with Crippen molar-refractivity contribution in [2.75, 3.05) is 27.4 Å². The lowest BCUT2D eigenvalue weighted by atomic mass is 9.49. The summed E-state index contributed by atoms with van der Waals surface area (Å²) in [4.78, 5) is 10.5. The van der Waals surface area contributed by atoms with Crippen LogP contribution in [-0.4, -0.2) is 91.5 Å². The van der Waals surface area contributed by atoms with Crippen molar-refractivity contribution in [2.45, 2.75) is 50.3 Å². The summed E-state index contributed by atoms with van der Waals surface area (Å²) in [6, 6.07) is -0.772. The van der Waals surface area contributed by atoms with Gasteiger partial charge < -0.3 is 32.9 Å². The Kier molecular flexibility index (Phi) is 8.66. The van der Waals surface area contributed by atoms with E-state index in [9.17, 15) is 4.89 Å². The number of rotatable bonds is 9. The third-order valence-corrected chi connectivity index (χ3v) is 6.48. The Balaban J connectivity index is 1.95. The summed E-state index contributed by atoms with van der Waals surface area (Å²) in [5.41, 5.74) is 0. The van der Waals surface area contributed by atoms with Crippen LogP contribution in [0, 0.1) is 11.8 Å². The molecule has 0 saturated carbocycles. The molecule has 0 aromatic rings. The first-order valence-electron chi connectivity index (χ1n) is 8.53. The highest BCUT2D eigenvalue weighted by molar-refractivity contribution is 8.07. The lowest BCUT2D eigenvalue weighted by Gasteiger charge is -2.27. The standard InChI is InChI=1S/C14H25B3O7PS/c1-7-12(9(5-19-3)22-13(7)15)24-25(18,26)21-6-10-11(20-4)8(2)14(17-16)23-10/h7-14H,5-6H2,1-4H3,(H,18,26)/t7-,8-,9+,10+,11?,12?,13+,14+,25?/m0/s1. The van der Waals surface area contributed by atoms with Crippen LogP contribution in [0.15, 0.2) is 0 Å². The second-order valence-electron chi connectivity index (χ2n) is 6.68. The van der Waals surface area contributed by atoms with Crippen molar-refractivity contribution < 1.29 is 32.9 Å². The Morgan fingerprint density at radius 1 is 1.12 bits per heavy atom. The molecule has 5 radical (unpaired) electrons. The fourth-order valence-electron chi connectivity index (χ4n) is 3.39. The normalized spacial score (nSPS) is 42.7. The summed E-state index contributed by atoms with van der Waals surface area (Å²) in [6.07, 6.45) is -1.58. The maximum atomic E-state index is 10.5. The predicted molar refractivity (Wildman–Crippen MR) is 103 cm³/mol. The number of hydrogen-bond donors (Lipinski definition) is 1. The molecule has 3 unspecified atom stereocenters. The van der Waals surface area contributed by atoms with Gasteiger partial charge in [-0.3, -0.25) is 0 Å². The van der Waals surface area contributed by atoms with Crippen molar-refractivity contribution in [3.63, 3.8) is 0 Å². The maximum Gasteiger partial charge on any atom is 0.324 e.